The molecule has 0 saturated heterocycles. The van der Waals surface area contributed by atoms with E-state index in [1.165, 1.54) is 12.1 Å². The predicted molar refractivity (Wildman–Crippen MR) is 465 cm³/mol. The number of nitrogens with one attached hydrogen (secondary N) is 5. The van der Waals surface area contributed by atoms with Crippen LogP contribution in [0.4, 0.5) is 44.2 Å². The van der Waals surface area contributed by atoms with E-state index in [4.69, 9.17) is 25.8 Å². The number of hydrogen-bond acceptors (Lipinski definition) is 19. The minimum atomic E-state index is -4.58. The number of ketones is 1. The van der Waals surface area contributed by atoms with Crippen LogP contribution >= 0.6 is 11.6 Å². The van der Waals surface area contributed by atoms with Crippen LogP contribution in [0.2, 0.25) is 0 Å². The topological polar surface area (TPSA) is 417 Å². The molecule has 29 nitrogen and oxygen atoms in total. The molecule has 9 rings (SSSR count). The van der Waals surface area contributed by atoms with Gasteiger partial charge in [-0.1, -0.05) is 104 Å². The van der Waals surface area contributed by atoms with Crippen molar-refractivity contribution >= 4 is 121 Å². The average molecular weight is 1840 g/mol. The van der Waals surface area contributed by atoms with Crippen LogP contribution in [0.1, 0.15) is 165 Å². The third-order valence-corrected chi connectivity index (χ3v) is 25.1. The first kappa shape index (κ1) is 98.7. The molecule has 3 aliphatic rings. The quantitative estimate of drug-likeness (QED) is 0.00564. The van der Waals surface area contributed by atoms with Crippen molar-refractivity contribution in [1.29, 1.82) is 0 Å². The van der Waals surface area contributed by atoms with Crippen molar-refractivity contribution in [2.75, 3.05) is 79.5 Å². The van der Waals surface area contributed by atoms with E-state index < -0.39 is 170 Å². The first-order valence-corrected chi connectivity index (χ1v) is 47.4. The third kappa shape index (κ3) is 27.9. The van der Waals surface area contributed by atoms with Gasteiger partial charge < -0.3 is 50.6 Å². The maximum Gasteiger partial charge on any atom is 0.408 e. The molecule has 0 radical (unpaired) electrons. The lowest BCUT2D eigenvalue weighted by molar-refractivity contribution is -0.438. The molecule has 0 bridgehead atoms. The van der Waals surface area contributed by atoms with Gasteiger partial charge in [0.25, 0.3) is 46.4 Å². The molecule has 1 aliphatic carbocycles. The highest BCUT2D eigenvalue weighted by atomic mass is 35.5. The summed E-state index contributed by atoms with van der Waals surface area (Å²) < 4.78 is 215. The average Bonchev–Trinajstić information content (AvgIpc) is 1.57. The summed E-state index contributed by atoms with van der Waals surface area (Å²) in [6.45, 7) is 11.5. The van der Waals surface area contributed by atoms with E-state index in [-0.39, 0.29) is 95.6 Å². The third-order valence-electron chi connectivity index (χ3n) is 21.4. The highest BCUT2D eigenvalue weighted by Crippen LogP contribution is 2.50. The van der Waals surface area contributed by atoms with Crippen molar-refractivity contribution < 1.29 is 117 Å². The molecule has 0 aromatic heterocycles. The molecule has 5 amide bonds. The molecule has 125 heavy (non-hydrogen) atoms. The van der Waals surface area contributed by atoms with Crippen molar-refractivity contribution in [1.82, 2.24) is 26.6 Å². The number of allylic oxidation sites excluding steroid dienone is 8. The van der Waals surface area contributed by atoms with Gasteiger partial charge in [-0.05, 0) is 186 Å². The molecular formula is C87H106ClF4N8O21S4+. The summed E-state index contributed by atoms with van der Waals surface area (Å²) in [5, 5.41) is 14.1. The summed E-state index contributed by atoms with van der Waals surface area (Å²) in [6, 6.07) is 27.7. The molecule has 6 aromatic rings. The summed E-state index contributed by atoms with van der Waals surface area (Å²) in [4.78, 5) is 83.4. The van der Waals surface area contributed by atoms with Crippen LogP contribution in [-0.2, 0) is 88.2 Å². The molecule has 0 unspecified atom stereocenters. The molecule has 38 heteroatoms. The number of nitrogens with zero attached hydrogens (tertiary/aromatic N) is 3. The summed E-state index contributed by atoms with van der Waals surface area (Å²) in [5.41, 5.74) is 4.05. The van der Waals surface area contributed by atoms with Crippen LogP contribution < -0.4 is 41.1 Å². The van der Waals surface area contributed by atoms with E-state index in [1.54, 1.807) is 105 Å². The lowest BCUT2D eigenvalue weighted by atomic mass is 9.78. The number of anilines is 2. The fourth-order valence-electron chi connectivity index (χ4n) is 15.3. The number of benzene rings is 6. The number of ether oxygens (including phenoxy) is 3. The first-order valence-electron chi connectivity index (χ1n) is 40.8. The number of amides is 5. The van der Waals surface area contributed by atoms with E-state index in [0.717, 1.165) is 44.8 Å². The Labute approximate surface area is 730 Å². The molecule has 0 saturated carbocycles. The van der Waals surface area contributed by atoms with Gasteiger partial charge in [0, 0.05) is 104 Å². The minimum absolute atomic E-state index is 0.0150. The Morgan fingerprint density at radius 2 is 1.27 bits per heavy atom. The van der Waals surface area contributed by atoms with Crippen LogP contribution in [0, 0.1) is 23.3 Å². The number of halogens is 5. The number of carbonyl (C=O) groups excluding carboxylic acids is 6. The zero-order valence-corrected chi connectivity index (χ0v) is 74.4. The molecule has 9 N–H and O–H groups in total. The highest BCUT2D eigenvalue weighted by molar-refractivity contribution is 7.86. The van der Waals surface area contributed by atoms with Crippen molar-refractivity contribution in [3.05, 3.63) is 206 Å². The Morgan fingerprint density at radius 1 is 0.640 bits per heavy atom. The van der Waals surface area contributed by atoms with Gasteiger partial charge in [-0.15, -0.1) is 0 Å². The molecule has 678 valence electrons. The second kappa shape index (κ2) is 42.9. The first-order chi connectivity index (χ1) is 58.7. The lowest BCUT2D eigenvalue weighted by Crippen LogP contribution is -2.53. The standard InChI is InChI=1S/C87H105ClF4N8O21S4/c1-85(2,3)121-83(105)95-41-17-16-29-65(96-81(103)66(51-56-23-11-8-12-24-56)97-84(106)120-54-57-25-13-9-14-26-57)69(101)55-119-80-78(91)76(89)73(77(90)79(80)92)82(104)94-43-42-93-72(102)30-15-10-18-46-100-68-37-31-60-52-62(125(116,117)118)35-36-63(60)74(68)87(6,7)71(100)40-33-59-28-19-27-58(75(59)88)32-39-70-86(4,5)64-53-61(34-38-67(64)99(70)47-22-50-124(113,114)115)98(44-20-48-122(107,108)109)45-21-49-123(110,111)112/h8-9,11-14,23-26,31-40,52-53,65-66H,10,15-22,27-30,41-51,54-55H2,1-7H3,(H8-,93,94,95,96,97,102,103,104,105,106,107,108,109,110,111,112,113,114,115,116,117,118)/p+1/t65-,66-/m0/s1. The number of alkyl carbamates (subject to hydrolysis) is 2. The lowest BCUT2D eigenvalue weighted by Gasteiger charge is -2.27. The zero-order chi connectivity index (χ0) is 91.6. The van der Waals surface area contributed by atoms with Crippen LogP contribution in [0.3, 0.4) is 0 Å². The molecule has 0 fully saturated rings. The molecule has 2 heterocycles. The SMILES string of the molecule is CC(C)(C)OC(=O)NCCCC[C@H](NC(=O)[C@H](Cc1ccccc1)NC(=O)OCc1ccccc1)C(=O)COc1c(F)c(F)c(C(=O)NCCNC(=O)CCCCC[N+]2=C(C=CC3=C(Cl)C(=CC=C4N(CCCS(=O)(=O)O)c5ccc(N(CCCS(=O)(=O)O)CCCS(=O)(=O)O)cc5C4(C)C)CCC3)C(C)(C)c3c2ccc2cc(S(=O)(=O)O)ccc32)c(F)c1F. The van der Waals surface area contributed by atoms with Crippen molar-refractivity contribution in [2.45, 2.75) is 178 Å². The smallest absolute Gasteiger partial charge is 0.408 e. The monoisotopic (exact) mass is 1840 g/mol. The summed E-state index contributed by atoms with van der Waals surface area (Å²) >= 11 is 7.40. The Kier molecular flexibility index (Phi) is 33.9. The van der Waals surface area contributed by atoms with Gasteiger partial charge in [-0.25, -0.2) is 18.4 Å². The Morgan fingerprint density at radius 3 is 1.90 bits per heavy atom. The second-order valence-electron chi connectivity index (χ2n) is 32.7. The summed E-state index contributed by atoms with van der Waals surface area (Å²) in [7, 11) is -17.6. The van der Waals surface area contributed by atoms with Crippen LogP contribution in [0.5, 0.6) is 5.75 Å². The number of rotatable bonds is 43. The zero-order valence-electron chi connectivity index (χ0n) is 70.3. The van der Waals surface area contributed by atoms with Gasteiger partial charge in [0.05, 0.1) is 33.6 Å². The highest BCUT2D eigenvalue weighted by Gasteiger charge is 2.46. The van der Waals surface area contributed by atoms with Gasteiger partial charge in [0.2, 0.25) is 29.1 Å². The number of fused-ring (bicyclic) bond motifs is 4. The van der Waals surface area contributed by atoms with Gasteiger partial charge in [0.1, 0.15) is 37.0 Å². The fraction of sp³-hybridized carbons (Fsp3) is 0.437. The van der Waals surface area contributed by atoms with Gasteiger partial charge in [0.15, 0.2) is 28.9 Å². The number of carbonyl (C=O) groups is 6. The van der Waals surface area contributed by atoms with Crippen molar-refractivity contribution in [2.24, 2.45) is 0 Å². The van der Waals surface area contributed by atoms with Crippen molar-refractivity contribution in [3.63, 3.8) is 0 Å². The summed E-state index contributed by atoms with van der Waals surface area (Å²) in [5.74, 6) is -16.1. The van der Waals surface area contributed by atoms with E-state index in [0.29, 0.717) is 78.0 Å². The maximum absolute atomic E-state index is 15.8. The summed E-state index contributed by atoms with van der Waals surface area (Å²) in [6.07, 6.45) is 9.26. The second-order valence-corrected chi connectivity index (χ2v) is 39.2. The Balaban J connectivity index is 0.852. The van der Waals surface area contributed by atoms with E-state index >= 15 is 17.6 Å². The largest absolute Gasteiger partial charge is 0.479 e. The van der Waals surface area contributed by atoms with E-state index in [9.17, 15) is 80.6 Å². The number of unbranched alkanes of at least 4 members (excludes halogenated alkanes) is 3. The van der Waals surface area contributed by atoms with Crippen LogP contribution in [0.25, 0.3) is 10.8 Å². The number of hydrogen-bond donors (Lipinski definition) is 9. The van der Waals surface area contributed by atoms with Crippen LogP contribution in [0.15, 0.2) is 160 Å². The Hall–Kier alpha value is -10.1. The maximum atomic E-state index is 15.8. The minimum Gasteiger partial charge on any atom is -0.479 e. The molecule has 6 aromatic carbocycles. The fourth-order valence-corrected chi connectivity index (χ4v) is 17.6. The molecule has 0 spiro atoms. The predicted octanol–water partition coefficient (Wildman–Crippen LogP) is 13.3. The number of Topliss-reactive ketones (excluding diaryl/α,β-unsaturated/α-hetero) is 1. The van der Waals surface area contributed by atoms with E-state index in [2.05, 4.69) is 31.2 Å². The van der Waals surface area contributed by atoms with Gasteiger partial charge >= 0.3 is 12.2 Å². The molecular weight excluding hydrogens is 1730 g/mol. The van der Waals surface area contributed by atoms with Gasteiger partial charge in [-0.3, -0.25) is 37.4 Å². The van der Waals surface area contributed by atoms with Crippen LogP contribution in [-0.4, -0.2) is 185 Å². The van der Waals surface area contributed by atoms with Crippen molar-refractivity contribution in [3.8, 4) is 5.75 Å². The molecule has 2 atom stereocenters. The molecule has 2 aliphatic heterocycles. The Bertz CT molecular complexity index is 5590. The van der Waals surface area contributed by atoms with E-state index in [1.807, 2.05) is 75.1 Å². The normalized spacial score (nSPS) is 15.8. The van der Waals surface area contributed by atoms with Gasteiger partial charge in [-0.2, -0.15) is 47.0 Å².